The van der Waals surface area contributed by atoms with Crippen LogP contribution in [0.25, 0.3) is 0 Å². The molecule has 6 rings (SSSR count). The van der Waals surface area contributed by atoms with Crippen LogP contribution in [0.4, 0.5) is 11.4 Å². The van der Waals surface area contributed by atoms with Gasteiger partial charge in [0.05, 0.1) is 30.5 Å². The van der Waals surface area contributed by atoms with Crippen molar-refractivity contribution in [1.82, 2.24) is 15.0 Å². The van der Waals surface area contributed by atoms with E-state index < -0.39 is 17.4 Å². The van der Waals surface area contributed by atoms with Gasteiger partial charge in [-0.1, -0.05) is 96.6 Å². The van der Waals surface area contributed by atoms with Crippen LogP contribution in [0.2, 0.25) is 5.02 Å². The van der Waals surface area contributed by atoms with Gasteiger partial charge in [-0.2, -0.15) is 0 Å². The summed E-state index contributed by atoms with van der Waals surface area (Å²) in [6, 6.07) is 31.1. The van der Waals surface area contributed by atoms with Crippen molar-refractivity contribution in [3.8, 4) is 0 Å². The van der Waals surface area contributed by atoms with Gasteiger partial charge in [-0.15, -0.1) is 5.10 Å². The zero-order valence-corrected chi connectivity index (χ0v) is 27.2. The minimum absolute atomic E-state index is 0.0759. The zero-order valence-electron chi connectivity index (χ0n) is 26.4. The average molecular weight is 662 g/mol. The second kappa shape index (κ2) is 14.4. The number of carbonyl (C=O) groups excluding carboxylic acids is 2. The highest BCUT2D eigenvalue weighted by molar-refractivity contribution is 6.31. The lowest BCUT2D eigenvalue weighted by atomic mass is 9.83. The van der Waals surface area contributed by atoms with E-state index in [-0.39, 0.29) is 25.0 Å². The molecule has 0 radical (unpaired) electrons. The Hall–Kier alpha value is -5.09. The maximum Gasteiger partial charge on any atom is 0.264 e. The highest BCUT2D eigenvalue weighted by Gasteiger charge is 2.52. The van der Waals surface area contributed by atoms with E-state index in [9.17, 15) is 19.8 Å². The molecular formula is C38H36ClN5O4. The predicted octanol–water partition coefficient (Wildman–Crippen LogP) is 6.33. The van der Waals surface area contributed by atoms with Crippen molar-refractivity contribution in [2.24, 2.45) is 5.92 Å². The van der Waals surface area contributed by atoms with Crippen LogP contribution in [0.1, 0.15) is 52.0 Å². The van der Waals surface area contributed by atoms with E-state index in [0.717, 1.165) is 11.1 Å². The highest BCUT2D eigenvalue weighted by atomic mass is 35.5. The number of hydrogen-bond acceptors (Lipinski definition) is 6. The van der Waals surface area contributed by atoms with Gasteiger partial charge in [0.25, 0.3) is 11.8 Å². The van der Waals surface area contributed by atoms with Gasteiger partial charge in [0.1, 0.15) is 0 Å². The van der Waals surface area contributed by atoms with Gasteiger partial charge in [-0.25, -0.2) is 0 Å². The van der Waals surface area contributed by atoms with E-state index in [1.807, 2.05) is 85.9 Å². The number of fused-ring (bicyclic) bond motifs is 1. The molecule has 244 valence electrons. The molecule has 3 atom stereocenters. The van der Waals surface area contributed by atoms with E-state index in [1.165, 1.54) is 0 Å². The van der Waals surface area contributed by atoms with Gasteiger partial charge >= 0.3 is 0 Å². The largest absolute Gasteiger partial charge is 0.395 e. The molecule has 3 N–H and O–H groups in total. The van der Waals surface area contributed by atoms with Crippen LogP contribution in [0.3, 0.4) is 0 Å². The first-order valence-electron chi connectivity index (χ1n) is 15.8. The molecule has 1 aliphatic rings. The quantitative estimate of drug-likeness (QED) is 0.135. The molecule has 1 aliphatic heterocycles. The summed E-state index contributed by atoms with van der Waals surface area (Å²) in [4.78, 5) is 28.1. The second-order valence-corrected chi connectivity index (χ2v) is 12.3. The number of carbonyl (C=O) groups is 2. The first-order chi connectivity index (χ1) is 23.3. The molecule has 2 heterocycles. The Balaban J connectivity index is 1.12. The van der Waals surface area contributed by atoms with E-state index in [2.05, 4.69) is 15.6 Å². The molecule has 2 amide bonds. The van der Waals surface area contributed by atoms with Crippen LogP contribution in [-0.4, -0.2) is 43.6 Å². The molecule has 10 heteroatoms. The number of amides is 2. The fourth-order valence-electron chi connectivity index (χ4n) is 6.03. The van der Waals surface area contributed by atoms with Gasteiger partial charge in [0.15, 0.2) is 5.60 Å². The summed E-state index contributed by atoms with van der Waals surface area (Å²) in [5, 5.41) is 33.8. The van der Waals surface area contributed by atoms with Crippen LogP contribution in [0, 0.1) is 5.92 Å². The monoisotopic (exact) mass is 661 g/mol. The van der Waals surface area contributed by atoms with Crippen molar-refractivity contribution < 1.29 is 19.8 Å². The molecule has 0 aliphatic carbocycles. The van der Waals surface area contributed by atoms with Crippen LogP contribution in [0.5, 0.6) is 0 Å². The molecule has 0 fully saturated rings. The number of nitrogens with zero attached hydrogens (tertiary/aromatic N) is 4. The number of rotatable bonds is 12. The molecule has 0 saturated carbocycles. The molecule has 0 bridgehead atoms. The summed E-state index contributed by atoms with van der Waals surface area (Å²) in [5.74, 6) is -1.46. The van der Waals surface area contributed by atoms with Crippen molar-refractivity contribution in [2.75, 3.05) is 16.8 Å². The summed E-state index contributed by atoms with van der Waals surface area (Å²) in [6.45, 7) is 2.50. The van der Waals surface area contributed by atoms with E-state index >= 15 is 0 Å². The van der Waals surface area contributed by atoms with Gasteiger partial charge in [-0.05, 0) is 60.0 Å². The number of anilines is 2. The summed E-state index contributed by atoms with van der Waals surface area (Å²) in [7, 11) is 0. The maximum atomic E-state index is 14.0. The number of aliphatic hydroxyl groups excluding tert-OH is 1. The third-order valence-electron chi connectivity index (χ3n) is 8.73. The number of aromatic nitrogens is 3. The topological polar surface area (TPSA) is 121 Å². The molecule has 4 aromatic carbocycles. The molecule has 1 unspecified atom stereocenters. The average Bonchev–Trinajstić information content (AvgIpc) is 3.66. The van der Waals surface area contributed by atoms with E-state index in [0.29, 0.717) is 46.2 Å². The van der Waals surface area contributed by atoms with Crippen molar-refractivity contribution >= 4 is 34.8 Å². The fraction of sp³-hybridized carbons (Fsp3) is 0.211. The Kier molecular flexibility index (Phi) is 9.82. The SMILES string of the molecule is C[C@H](/C=C/CCn1cc(C(CO)c2ccccc2)nn1)[C@@]1(O)C(=O)N(Cc2ccc(NC(=O)c3ccccc3)cc2)c2ccc(Cl)cc21. The summed E-state index contributed by atoms with van der Waals surface area (Å²) in [6.07, 6.45) is 6.19. The van der Waals surface area contributed by atoms with Crippen molar-refractivity contribution in [1.29, 1.82) is 0 Å². The zero-order chi connectivity index (χ0) is 33.7. The molecule has 48 heavy (non-hydrogen) atoms. The third kappa shape index (κ3) is 6.80. The van der Waals surface area contributed by atoms with E-state index in [1.54, 1.807) is 52.0 Å². The lowest BCUT2D eigenvalue weighted by molar-refractivity contribution is -0.139. The van der Waals surface area contributed by atoms with Gasteiger partial charge in [0.2, 0.25) is 0 Å². The number of benzene rings is 4. The Morgan fingerprint density at radius 2 is 1.71 bits per heavy atom. The van der Waals surface area contributed by atoms with Crippen molar-refractivity contribution in [2.45, 2.75) is 38.0 Å². The second-order valence-electron chi connectivity index (χ2n) is 11.9. The maximum absolute atomic E-state index is 14.0. The number of nitrogens with one attached hydrogen (secondary N) is 1. The van der Waals surface area contributed by atoms with Crippen LogP contribution >= 0.6 is 11.6 Å². The minimum atomic E-state index is -1.81. The number of allylic oxidation sites excluding steroid dienone is 1. The molecule has 5 aromatic rings. The van der Waals surface area contributed by atoms with E-state index in [4.69, 9.17) is 11.6 Å². The first kappa shape index (κ1) is 32.8. The summed E-state index contributed by atoms with van der Waals surface area (Å²) < 4.78 is 1.72. The summed E-state index contributed by atoms with van der Waals surface area (Å²) in [5.41, 5.74) is 2.92. The Morgan fingerprint density at radius 3 is 2.42 bits per heavy atom. The predicted molar refractivity (Wildman–Crippen MR) is 186 cm³/mol. The molecule has 9 nitrogen and oxygen atoms in total. The lowest BCUT2D eigenvalue weighted by Crippen LogP contribution is -2.44. The Bertz CT molecular complexity index is 1910. The Labute approximate surface area is 284 Å². The minimum Gasteiger partial charge on any atom is -0.395 e. The van der Waals surface area contributed by atoms with Crippen LogP contribution < -0.4 is 10.2 Å². The first-order valence-corrected chi connectivity index (χ1v) is 16.2. The molecule has 0 saturated heterocycles. The fourth-order valence-corrected chi connectivity index (χ4v) is 6.20. The molecule has 0 spiro atoms. The van der Waals surface area contributed by atoms with Gasteiger partial charge in [-0.3, -0.25) is 14.3 Å². The van der Waals surface area contributed by atoms with Crippen molar-refractivity contribution in [3.63, 3.8) is 0 Å². The molecule has 1 aromatic heterocycles. The number of hydrogen-bond donors (Lipinski definition) is 3. The number of aliphatic hydroxyl groups is 2. The highest BCUT2D eigenvalue weighted by Crippen LogP contribution is 2.46. The number of aryl methyl sites for hydroxylation is 1. The lowest BCUT2D eigenvalue weighted by Gasteiger charge is -2.27. The summed E-state index contributed by atoms with van der Waals surface area (Å²) >= 11 is 6.36. The van der Waals surface area contributed by atoms with Gasteiger partial charge in [0, 0.05) is 40.5 Å². The number of halogens is 1. The van der Waals surface area contributed by atoms with Crippen molar-refractivity contribution in [3.05, 3.63) is 154 Å². The Morgan fingerprint density at radius 1 is 1.00 bits per heavy atom. The van der Waals surface area contributed by atoms with Gasteiger partial charge < -0.3 is 20.4 Å². The molecular weight excluding hydrogens is 626 g/mol. The van der Waals surface area contributed by atoms with Crippen LogP contribution in [0.15, 0.2) is 121 Å². The van der Waals surface area contributed by atoms with Crippen LogP contribution in [-0.2, 0) is 23.5 Å². The smallest absolute Gasteiger partial charge is 0.264 e. The third-order valence-corrected chi connectivity index (χ3v) is 8.96. The standard InChI is InChI=1S/C38H36ClN5O4/c1-26(10-8-9-21-43-24-34(41-42-43)32(25-45)28-11-4-2-5-12-28)38(48)33-22-30(39)17-20-35(33)44(37(38)47)23-27-15-18-31(19-16-27)40-36(46)29-13-6-3-7-14-29/h2-8,10-20,22,24,26,32,45,48H,9,21,23,25H2,1H3,(H,40,46)/b10-8+/t26-,32?,38+/m1/s1. The normalized spacial score (nSPS) is 17.0.